The largest absolute Gasteiger partial charge is 0.417 e. The molecule has 0 aliphatic carbocycles. The molecule has 4 aromatic rings. The van der Waals surface area contributed by atoms with Crippen LogP contribution in [0.25, 0.3) is 5.82 Å². The third-order valence-corrected chi connectivity index (χ3v) is 5.48. The van der Waals surface area contributed by atoms with Crippen molar-refractivity contribution in [3.63, 3.8) is 0 Å². The minimum absolute atomic E-state index is 0.166. The molecule has 2 amide bonds. The molecule has 0 unspecified atom stereocenters. The van der Waals surface area contributed by atoms with E-state index in [1.807, 2.05) is 0 Å². The number of rotatable bonds is 5. The van der Waals surface area contributed by atoms with Crippen molar-refractivity contribution in [1.82, 2.24) is 14.8 Å². The predicted octanol–water partition coefficient (Wildman–Crippen LogP) is 6.51. The fraction of sp³-hybridized carbons (Fsp3) is 0.0435. The highest BCUT2D eigenvalue weighted by Gasteiger charge is 2.21. The minimum Gasteiger partial charge on any atom is -0.410 e. The van der Waals surface area contributed by atoms with Gasteiger partial charge >= 0.3 is 6.09 Å². The van der Waals surface area contributed by atoms with E-state index >= 15 is 0 Å². The molecule has 2 aromatic heterocycles. The summed E-state index contributed by atoms with van der Waals surface area (Å²) >= 11 is 15.7. The fourth-order valence-electron chi connectivity index (χ4n) is 3.12. The van der Waals surface area contributed by atoms with Crippen molar-refractivity contribution >= 4 is 62.5 Å². The molecule has 4 rings (SSSR count). The molecular weight excluding hydrogens is 545 g/mol. The summed E-state index contributed by atoms with van der Waals surface area (Å²) in [6, 6.07) is 16.6. The zero-order chi connectivity index (χ0) is 24.2. The first-order valence-corrected chi connectivity index (χ1v) is 11.4. The Hall–Kier alpha value is -3.40. The maximum Gasteiger partial charge on any atom is 0.417 e. The van der Waals surface area contributed by atoms with Gasteiger partial charge in [0, 0.05) is 17.3 Å². The molecule has 0 fully saturated rings. The summed E-state index contributed by atoms with van der Waals surface area (Å²) in [5.41, 5.74) is 1.40. The second-order valence-electron chi connectivity index (χ2n) is 7.00. The Morgan fingerprint density at radius 3 is 2.53 bits per heavy atom. The van der Waals surface area contributed by atoms with Crippen molar-refractivity contribution in [1.29, 1.82) is 0 Å². The van der Waals surface area contributed by atoms with E-state index in [1.165, 1.54) is 16.8 Å². The van der Waals surface area contributed by atoms with Crippen LogP contribution >= 0.6 is 39.1 Å². The SMILES string of the molecule is Cc1cc(Cl)cc(NC(=O)Oc2ccccc2)c1NC(=O)c1cc(Br)nn1-c1ncccc1Cl. The van der Waals surface area contributed by atoms with Gasteiger partial charge in [0.05, 0.1) is 16.4 Å². The number of pyridine rings is 1. The number of nitrogens with zero attached hydrogens (tertiary/aromatic N) is 3. The van der Waals surface area contributed by atoms with Gasteiger partial charge in [0.25, 0.3) is 5.91 Å². The molecule has 0 bridgehead atoms. The number of aryl methyl sites for hydroxylation is 1. The maximum atomic E-state index is 13.3. The Morgan fingerprint density at radius 1 is 1.03 bits per heavy atom. The lowest BCUT2D eigenvalue weighted by Gasteiger charge is -2.16. The van der Waals surface area contributed by atoms with Crippen LogP contribution in [0, 0.1) is 6.92 Å². The molecule has 0 aliphatic heterocycles. The summed E-state index contributed by atoms with van der Waals surface area (Å²) in [4.78, 5) is 29.9. The quantitative estimate of drug-likeness (QED) is 0.290. The number of aromatic nitrogens is 3. The Bertz CT molecular complexity index is 1380. The molecule has 0 saturated heterocycles. The summed E-state index contributed by atoms with van der Waals surface area (Å²) in [5, 5.41) is 10.4. The van der Waals surface area contributed by atoms with E-state index in [2.05, 4.69) is 36.6 Å². The van der Waals surface area contributed by atoms with Gasteiger partial charge in [-0.3, -0.25) is 10.1 Å². The average Bonchev–Trinajstić information content (AvgIpc) is 3.18. The molecular formula is C23H16BrCl2N5O3. The first-order chi connectivity index (χ1) is 16.3. The van der Waals surface area contributed by atoms with Gasteiger partial charge in [-0.25, -0.2) is 14.5 Å². The number of hydrogen-bond donors (Lipinski definition) is 2. The van der Waals surface area contributed by atoms with Crippen molar-refractivity contribution in [3.8, 4) is 11.6 Å². The monoisotopic (exact) mass is 559 g/mol. The number of halogens is 3. The van der Waals surface area contributed by atoms with Gasteiger partial charge in [0.1, 0.15) is 16.0 Å². The first-order valence-electron chi connectivity index (χ1n) is 9.83. The lowest BCUT2D eigenvalue weighted by Crippen LogP contribution is -2.21. The molecule has 0 aliphatic rings. The van der Waals surface area contributed by atoms with Gasteiger partial charge in [-0.1, -0.05) is 41.4 Å². The zero-order valence-electron chi connectivity index (χ0n) is 17.6. The maximum absolute atomic E-state index is 13.3. The molecule has 2 N–H and O–H groups in total. The number of amides is 2. The van der Waals surface area contributed by atoms with Crippen LogP contribution in [0.4, 0.5) is 16.2 Å². The number of carbonyl (C=O) groups is 2. The molecule has 0 saturated carbocycles. The van der Waals surface area contributed by atoms with Gasteiger partial charge in [-0.15, -0.1) is 0 Å². The third kappa shape index (κ3) is 5.39. The summed E-state index contributed by atoms with van der Waals surface area (Å²) in [5.74, 6) is 0.146. The summed E-state index contributed by atoms with van der Waals surface area (Å²) in [7, 11) is 0. The lowest BCUT2D eigenvalue weighted by atomic mass is 10.1. The molecule has 0 atom stereocenters. The van der Waals surface area contributed by atoms with E-state index in [9.17, 15) is 9.59 Å². The van der Waals surface area contributed by atoms with Crippen LogP contribution in [0.1, 0.15) is 16.1 Å². The van der Waals surface area contributed by atoms with Crippen molar-refractivity contribution in [2.24, 2.45) is 0 Å². The van der Waals surface area contributed by atoms with E-state index < -0.39 is 12.0 Å². The number of ether oxygens (including phenoxy) is 1. The molecule has 172 valence electrons. The number of benzene rings is 2. The average molecular weight is 561 g/mol. The normalized spacial score (nSPS) is 10.6. The van der Waals surface area contributed by atoms with E-state index in [-0.39, 0.29) is 17.2 Å². The number of anilines is 2. The number of carbonyl (C=O) groups excluding carboxylic acids is 2. The Morgan fingerprint density at radius 2 is 1.79 bits per heavy atom. The minimum atomic E-state index is -0.739. The molecule has 0 radical (unpaired) electrons. The summed E-state index contributed by atoms with van der Waals surface area (Å²) < 4.78 is 7.02. The van der Waals surface area contributed by atoms with Crippen molar-refractivity contribution in [2.75, 3.05) is 10.6 Å². The van der Waals surface area contributed by atoms with Crippen molar-refractivity contribution < 1.29 is 14.3 Å². The highest BCUT2D eigenvalue weighted by atomic mass is 79.9. The second kappa shape index (κ2) is 10.3. The molecule has 11 heteroatoms. The van der Waals surface area contributed by atoms with Gasteiger partial charge in [0.2, 0.25) is 0 Å². The van der Waals surface area contributed by atoms with E-state index in [0.29, 0.717) is 31.6 Å². The molecule has 34 heavy (non-hydrogen) atoms. The van der Waals surface area contributed by atoms with Crippen LogP contribution in [-0.2, 0) is 0 Å². The number of nitrogens with one attached hydrogen (secondary N) is 2. The van der Waals surface area contributed by atoms with E-state index in [0.717, 1.165) is 0 Å². The summed E-state index contributed by atoms with van der Waals surface area (Å²) in [6.45, 7) is 1.75. The number of hydrogen-bond acceptors (Lipinski definition) is 5. The van der Waals surface area contributed by atoms with Crippen LogP contribution in [-0.4, -0.2) is 26.8 Å². The lowest BCUT2D eigenvalue weighted by molar-refractivity contribution is 0.101. The van der Waals surface area contributed by atoms with Crippen LogP contribution in [0.3, 0.4) is 0 Å². The van der Waals surface area contributed by atoms with Gasteiger partial charge in [0.15, 0.2) is 5.82 Å². The highest BCUT2D eigenvalue weighted by molar-refractivity contribution is 9.10. The predicted molar refractivity (Wildman–Crippen MR) is 134 cm³/mol. The van der Waals surface area contributed by atoms with Crippen LogP contribution in [0.15, 0.2) is 71.5 Å². The molecule has 0 spiro atoms. The molecule has 2 aromatic carbocycles. The standard InChI is InChI=1S/C23H16BrCl2N5O3/c1-13-10-14(25)11-17(28-23(33)34-15-6-3-2-4-7-15)20(13)29-22(32)18-12-19(24)30-31(18)21-16(26)8-5-9-27-21/h2-12H,1H3,(H,28,33)(H,29,32). The van der Waals surface area contributed by atoms with Crippen molar-refractivity contribution in [3.05, 3.63) is 92.8 Å². The fourth-order valence-corrected chi connectivity index (χ4v) is 3.97. The Balaban J connectivity index is 1.63. The molecule has 8 nitrogen and oxygen atoms in total. The Kier molecular flexibility index (Phi) is 7.16. The van der Waals surface area contributed by atoms with Gasteiger partial charge in [-0.2, -0.15) is 5.10 Å². The van der Waals surface area contributed by atoms with Crippen molar-refractivity contribution in [2.45, 2.75) is 6.92 Å². The van der Waals surface area contributed by atoms with Crippen LogP contribution < -0.4 is 15.4 Å². The summed E-state index contributed by atoms with van der Waals surface area (Å²) in [6.07, 6.45) is 0.804. The number of para-hydroxylation sites is 1. The zero-order valence-corrected chi connectivity index (χ0v) is 20.6. The van der Waals surface area contributed by atoms with E-state index in [1.54, 1.807) is 61.7 Å². The van der Waals surface area contributed by atoms with Gasteiger partial charge < -0.3 is 10.1 Å². The van der Waals surface area contributed by atoms with E-state index in [4.69, 9.17) is 27.9 Å². The molecule has 2 heterocycles. The second-order valence-corrected chi connectivity index (χ2v) is 8.66. The van der Waals surface area contributed by atoms with Crippen LogP contribution in [0.2, 0.25) is 10.0 Å². The third-order valence-electron chi connectivity index (χ3n) is 4.58. The smallest absolute Gasteiger partial charge is 0.410 e. The van der Waals surface area contributed by atoms with Crippen LogP contribution in [0.5, 0.6) is 5.75 Å². The Labute approximate surface area is 213 Å². The first kappa shape index (κ1) is 23.7. The topological polar surface area (TPSA) is 98.1 Å². The highest BCUT2D eigenvalue weighted by Crippen LogP contribution is 2.31. The van der Waals surface area contributed by atoms with Gasteiger partial charge in [-0.05, 0) is 64.8 Å².